The molecule has 96 valence electrons. The minimum Gasteiger partial charge on any atom is -0.411 e. The number of rotatable bonds is 9. The minimum atomic E-state index is 0.568. The predicted octanol–water partition coefficient (Wildman–Crippen LogP) is 3.12. The van der Waals surface area contributed by atoms with E-state index in [1.165, 1.54) is 44.9 Å². The van der Waals surface area contributed by atoms with Crippen LogP contribution in [0.1, 0.15) is 64.1 Å². The number of hydrogen-bond donors (Lipinski definition) is 2. The molecule has 0 atom stereocenters. The molecule has 0 fully saturated rings. The fourth-order valence-corrected chi connectivity index (χ4v) is 1.81. The second-order valence-electron chi connectivity index (χ2n) is 4.25. The third-order valence-electron chi connectivity index (χ3n) is 2.83. The van der Waals surface area contributed by atoms with Gasteiger partial charge >= 0.3 is 0 Å². The number of oxime groups is 1. The lowest BCUT2D eigenvalue weighted by Crippen LogP contribution is -2.03. The number of nitrogens with zero attached hydrogens (tertiary/aromatic N) is 3. The van der Waals surface area contributed by atoms with Crippen molar-refractivity contribution in [1.82, 2.24) is 15.2 Å². The zero-order chi connectivity index (χ0) is 12.3. The summed E-state index contributed by atoms with van der Waals surface area (Å²) in [5.41, 5.74) is 0.594. The molecule has 0 amide bonds. The van der Waals surface area contributed by atoms with Crippen molar-refractivity contribution in [2.24, 2.45) is 5.16 Å². The number of unbranched alkanes of at least 4 members (excludes halogenated alkanes) is 6. The Kier molecular flexibility index (Phi) is 7.02. The maximum Gasteiger partial charge on any atom is 0.173 e. The lowest BCUT2D eigenvalue weighted by atomic mass is 10.1. The van der Waals surface area contributed by atoms with Crippen molar-refractivity contribution >= 4 is 5.71 Å². The number of aromatic nitrogens is 3. The highest BCUT2D eigenvalue weighted by Gasteiger charge is 2.06. The van der Waals surface area contributed by atoms with Gasteiger partial charge in [0.25, 0.3) is 0 Å². The van der Waals surface area contributed by atoms with Crippen LogP contribution < -0.4 is 0 Å². The van der Waals surface area contributed by atoms with E-state index in [0.29, 0.717) is 11.5 Å². The molecule has 17 heavy (non-hydrogen) atoms. The van der Waals surface area contributed by atoms with Gasteiger partial charge in [0.15, 0.2) is 5.82 Å². The van der Waals surface area contributed by atoms with E-state index in [0.717, 1.165) is 12.8 Å². The summed E-state index contributed by atoms with van der Waals surface area (Å²) in [4.78, 5) is 3.97. The number of aromatic amines is 1. The second kappa shape index (κ2) is 8.73. The fraction of sp³-hybridized carbons (Fsp3) is 0.750. The van der Waals surface area contributed by atoms with Crippen molar-refractivity contribution in [2.75, 3.05) is 0 Å². The molecule has 0 aliphatic carbocycles. The van der Waals surface area contributed by atoms with Crippen molar-refractivity contribution in [1.29, 1.82) is 0 Å². The summed E-state index contributed by atoms with van der Waals surface area (Å²) in [6.07, 6.45) is 10.9. The van der Waals surface area contributed by atoms with Gasteiger partial charge in [-0.15, -0.1) is 0 Å². The molecule has 0 aliphatic rings. The van der Waals surface area contributed by atoms with Gasteiger partial charge in [-0.2, -0.15) is 5.10 Å². The van der Waals surface area contributed by atoms with Crippen LogP contribution in [-0.4, -0.2) is 26.1 Å². The van der Waals surface area contributed by atoms with E-state index in [9.17, 15) is 0 Å². The zero-order valence-corrected chi connectivity index (χ0v) is 10.5. The molecule has 0 radical (unpaired) electrons. The van der Waals surface area contributed by atoms with Crippen LogP contribution >= 0.6 is 0 Å². The Morgan fingerprint density at radius 2 is 1.94 bits per heavy atom. The molecule has 1 rings (SSSR count). The first-order valence-electron chi connectivity index (χ1n) is 6.45. The van der Waals surface area contributed by atoms with Gasteiger partial charge in [-0.25, -0.2) is 4.98 Å². The van der Waals surface area contributed by atoms with Gasteiger partial charge in [0.2, 0.25) is 0 Å². The summed E-state index contributed by atoms with van der Waals surface area (Å²) in [6, 6.07) is 0. The third kappa shape index (κ3) is 5.47. The predicted molar refractivity (Wildman–Crippen MR) is 67.3 cm³/mol. The molecule has 5 nitrogen and oxygen atoms in total. The van der Waals surface area contributed by atoms with Crippen LogP contribution in [0.2, 0.25) is 0 Å². The average Bonchev–Trinajstić information content (AvgIpc) is 2.86. The van der Waals surface area contributed by atoms with Crippen molar-refractivity contribution in [2.45, 2.75) is 58.3 Å². The molecule has 2 N–H and O–H groups in total. The monoisotopic (exact) mass is 238 g/mol. The van der Waals surface area contributed by atoms with Crippen LogP contribution in [0, 0.1) is 0 Å². The Labute approximate surface area is 102 Å². The molecule has 0 aliphatic heterocycles. The Morgan fingerprint density at radius 1 is 1.24 bits per heavy atom. The molecule has 0 saturated carbocycles. The first kappa shape index (κ1) is 13.7. The minimum absolute atomic E-state index is 0.568. The van der Waals surface area contributed by atoms with E-state index in [1.54, 1.807) is 0 Å². The third-order valence-corrected chi connectivity index (χ3v) is 2.83. The maximum atomic E-state index is 8.87. The van der Waals surface area contributed by atoms with Crippen LogP contribution in [0.15, 0.2) is 11.5 Å². The quantitative estimate of drug-likeness (QED) is 0.300. The molecule has 1 aromatic heterocycles. The molecular formula is C12H22N4O. The first-order chi connectivity index (χ1) is 8.38. The van der Waals surface area contributed by atoms with Gasteiger partial charge in [-0.1, -0.05) is 50.6 Å². The molecule has 0 spiro atoms. The average molecular weight is 238 g/mol. The lowest BCUT2D eigenvalue weighted by Gasteiger charge is -2.01. The summed E-state index contributed by atoms with van der Waals surface area (Å²) in [6.45, 7) is 2.22. The van der Waals surface area contributed by atoms with Crippen LogP contribution in [0.25, 0.3) is 0 Å². The highest BCUT2D eigenvalue weighted by atomic mass is 16.4. The van der Waals surface area contributed by atoms with E-state index in [-0.39, 0.29) is 0 Å². The number of hydrogen-bond acceptors (Lipinski definition) is 4. The molecule has 0 aromatic carbocycles. The zero-order valence-electron chi connectivity index (χ0n) is 10.5. The Balaban J connectivity index is 2.09. The summed E-state index contributed by atoms with van der Waals surface area (Å²) < 4.78 is 0. The van der Waals surface area contributed by atoms with Gasteiger partial charge in [0.1, 0.15) is 12.0 Å². The Hall–Kier alpha value is -1.39. The largest absolute Gasteiger partial charge is 0.411 e. The standard InChI is InChI=1S/C12H22N4O/c1-2-3-4-5-6-7-8-9-11(16-17)12-13-10-14-15-12/h10,17H,2-9H2,1H3,(H,13,14,15)/b16-11-. The molecule has 0 saturated heterocycles. The summed E-state index contributed by atoms with van der Waals surface area (Å²) in [7, 11) is 0. The molecular weight excluding hydrogens is 216 g/mol. The van der Waals surface area contributed by atoms with E-state index >= 15 is 0 Å². The van der Waals surface area contributed by atoms with Crippen molar-refractivity contribution in [3.8, 4) is 0 Å². The molecule has 5 heteroatoms. The van der Waals surface area contributed by atoms with Crippen molar-refractivity contribution in [3.63, 3.8) is 0 Å². The topological polar surface area (TPSA) is 74.2 Å². The molecule has 0 unspecified atom stereocenters. The van der Waals surface area contributed by atoms with Crippen LogP contribution in [0.5, 0.6) is 0 Å². The summed E-state index contributed by atoms with van der Waals surface area (Å²) in [5, 5.41) is 18.6. The summed E-state index contributed by atoms with van der Waals surface area (Å²) in [5.74, 6) is 0.568. The van der Waals surface area contributed by atoms with E-state index in [2.05, 4.69) is 27.3 Å². The SMILES string of the molecule is CCCCCCCCC/C(=N/O)c1ncn[nH]1. The first-order valence-corrected chi connectivity index (χ1v) is 6.45. The van der Waals surface area contributed by atoms with E-state index in [1.807, 2.05) is 0 Å². The number of H-pyrrole nitrogens is 1. The van der Waals surface area contributed by atoms with Gasteiger partial charge in [-0.05, 0) is 12.8 Å². The number of nitrogens with one attached hydrogen (secondary N) is 1. The highest BCUT2D eigenvalue weighted by molar-refractivity contribution is 5.96. The van der Waals surface area contributed by atoms with Crippen molar-refractivity contribution < 1.29 is 5.21 Å². The van der Waals surface area contributed by atoms with Crippen LogP contribution in [0.4, 0.5) is 0 Å². The van der Waals surface area contributed by atoms with Gasteiger partial charge < -0.3 is 5.21 Å². The molecule has 1 aromatic rings. The lowest BCUT2D eigenvalue weighted by molar-refractivity contribution is 0.317. The van der Waals surface area contributed by atoms with Gasteiger partial charge in [-0.3, -0.25) is 5.10 Å². The molecule has 1 heterocycles. The Morgan fingerprint density at radius 3 is 2.53 bits per heavy atom. The second-order valence-corrected chi connectivity index (χ2v) is 4.25. The highest BCUT2D eigenvalue weighted by Crippen LogP contribution is 2.10. The van der Waals surface area contributed by atoms with Crippen LogP contribution in [0.3, 0.4) is 0 Å². The van der Waals surface area contributed by atoms with Gasteiger partial charge in [0, 0.05) is 0 Å². The van der Waals surface area contributed by atoms with E-state index < -0.39 is 0 Å². The van der Waals surface area contributed by atoms with Crippen molar-refractivity contribution in [3.05, 3.63) is 12.2 Å². The fourth-order valence-electron chi connectivity index (χ4n) is 1.81. The van der Waals surface area contributed by atoms with Crippen LogP contribution in [-0.2, 0) is 0 Å². The summed E-state index contributed by atoms with van der Waals surface area (Å²) >= 11 is 0. The molecule has 0 bridgehead atoms. The smallest absolute Gasteiger partial charge is 0.173 e. The Bertz CT molecular complexity index is 308. The van der Waals surface area contributed by atoms with Gasteiger partial charge in [0.05, 0.1) is 0 Å². The normalized spacial score (nSPS) is 11.9. The maximum absolute atomic E-state index is 8.87. The van der Waals surface area contributed by atoms with E-state index in [4.69, 9.17) is 5.21 Å².